The minimum Gasteiger partial charge on any atom is -0.480 e. The van der Waals surface area contributed by atoms with E-state index in [1.807, 2.05) is 13.2 Å². The van der Waals surface area contributed by atoms with Gasteiger partial charge in [-0.15, -0.1) is 0 Å². The van der Waals surface area contributed by atoms with Crippen molar-refractivity contribution in [3.63, 3.8) is 0 Å². The van der Waals surface area contributed by atoms with Gasteiger partial charge in [-0.3, -0.25) is 0 Å². The van der Waals surface area contributed by atoms with Gasteiger partial charge in [0.15, 0.2) is 0 Å². The Labute approximate surface area is 112 Å². The first-order valence-electron chi connectivity index (χ1n) is 5.80. The zero-order chi connectivity index (χ0) is 14.0. The Morgan fingerprint density at radius 1 is 1.44 bits per heavy atom. The lowest BCUT2D eigenvalue weighted by Crippen LogP contribution is -2.47. The Bertz CT molecular complexity index is 263. The Hall–Kier alpha value is -0.950. The lowest BCUT2D eigenvalue weighted by atomic mass is 10.1. The molecule has 0 radical (unpaired) electrons. The third-order valence-electron chi connectivity index (χ3n) is 2.40. The van der Waals surface area contributed by atoms with Gasteiger partial charge in [0.05, 0.1) is 0 Å². The summed E-state index contributed by atoms with van der Waals surface area (Å²) in [5.41, 5.74) is 0. The molecule has 18 heavy (non-hydrogen) atoms. The predicted molar refractivity (Wildman–Crippen MR) is 72.0 cm³/mol. The van der Waals surface area contributed by atoms with Crippen LogP contribution in [0.2, 0.25) is 0 Å². The number of ether oxygens (including phenoxy) is 1. The van der Waals surface area contributed by atoms with Crippen LogP contribution in [0.5, 0.6) is 0 Å². The number of rotatable bonds is 9. The highest BCUT2D eigenvalue weighted by molar-refractivity contribution is 7.99. The molecular formula is C11H22N2O4S. The fourth-order valence-electron chi connectivity index (χ4n) is 1.22. The molecule has 0 heterocycles. The third kappa shape index (κ3) is 8.19. The molecule has 7 heteroatoms. The van der Waals surface area contributed by atoms with Crippen LogP contribution in [0.15, 0.2) is 0 Å². The number of hydrogen-bond donors (Lipinski definition) is 3. The van der Waals surface area contributed by atoms with E-state index in [9.17, 15) is 9.59 Å². The molecule has 3 N–H and O–H groups in total. The average Bonchev–Trinajstić information content (AvgIpc) is 2.34. The maximum atomic E-state index is 11.5. The zero-order valence-corrected chi connectivity index (χ0v) is 11.9. The van der Waals surface area contributed by atoms with Crippen molar-refractivity contribution in [1.82, 2.24) is 10.6 Å². The van der Waals surface area contributed by atoms with E-state index in [0.29, 0.717) is 31.2 Å². The fourth-order valence-corrected chi connectivity index (χ4v) is 1.47. The molecule has 2 amide bonds. The molecule has 106 valence electrons. The van der Waals surface area contributed by atoms with E-state index in [-0.39, 0.29) is 0 Å². The smallest absolute Gasteiger partial charge is 0.326 e. The molecule has 0 aliphatic rings. The second kappa shape index (κ2) is 10.0. The van der Waals surface area contributed by atoms with Crippen LogP contribution in [-0.2, 0) is 9.53 Å². The van der Waals surface area contributed by atoms with E-state index in [1.165, 1.54) is 0 Å². The van der Waals surface area contributed by atoms with Gasteiger partial charge in [0, 0.05) is 25.5 Å². The lowest BCUT2D eigenvalue weighted by molar-refractivity contribution is -0.139. The SMILES string of the molecule is COCCCC(NC(=O)NCC(C)SC)C(=O)O. The number of methoxy groups -OCH3 is 1. The third-order valence-corrected chi connectivity index (χ3v) is 3.37. The standard InChI is InChI=1S/C11H22N2O4S/c1-8(18-3)7-12-11(16)13-9(10(14)15)5-4-6-17-2/h8-9H,4-7H2,1-3H3,(H,14,15)(H2,12,13,16). The molecule has 0 aliphatic carbocycles. The molecule has 0 aromatic rings. The topological polar surface area (TPSA) is 87.7 Å². The van der Waals surface area contributed by atoms with E-state index in [0.717, 1.165) is 0 Å². The monoisotopic (exact) mass is 278 g/mol. The number of carboxylic acid groups (broad SMARTS) is 1. The molecule has 6 nitrogen and oxygen atoms in total. The summed E-state index contributed by atoms with van der Waals surface area (Å²) in [5, 5.41) is 14.3. The summed E-state index contributed by atoms with van der Waals surface area (Å²) in [6, 6.07) is -1.31. The first-order valence-corrected chi connectivity index (χ1v) is 7.09. The molecule has 2 atom stereocenters. The molecule has 0 aromatic heterocycles. The normalized spacial score (nSPS) is 13.7. The molecule has 0 saturated carbocycles. The largest absolute Gasteiger partial charge is 0.480 e. The number of carbonyl (C=O) groups is 2. The van der Waals surface area contributed by atoms with Crippen LogP contribution in [-0.4, -0.2) is 54.9 Å². The summed E-state index contributed by atoms with van der Waals surface area (Å²) in [5.74, 6) is -1.03. The van der Waals surface area contributed by atoms with E-state index in [1.54, 1.807) is 18.9 Å². The minimum absolute atomic E-state index is 0.299. The summed E-state index contributed by atoms with van der Waals surface area (Å²) in [6.45, 7) is 2.98. The summed E-state index contributed by atoms with van der Waals surface area (Å²) in [6.07, 6.45) is 2.90. The van der Waals surface area contributed by atoms with Crippen molar-refractivity contribution in [1.29, 1.82) is 0 Å². The second-order valence-corrected chi connectivity index (χ2v) is 5.20. The summed E-state index contributed by atoms with van der Waals surface area (Å²) < 4.78 is 4.85. The molecule has 0 saturated heterocycles. The van der Waals surface area contributed by atoms with Crippen molar-refractivity contribution in [2.24, 2.45) is 0 Å². The van der Waals surface area contributed by atoms with E-state index in [2.05, 4.69) is 10.6 Å². The van der Waals surface area contributed by atoms with Gasteiger partial charge in [0.25, 0.3) is 0 Å². The number of nitrogens with one attached hydrogen (secondary N) is 2. The van der Waals surface area contributed by atoms with Crippen LogP contribution in [0.25, 0.3) is 0 Å². The van der Waals surface area contributed by atoms with Crippen molar-refractivity contribution >= 4 is 23.8 Å². The Balaban J connectivity index is 3.99. The van der Waals surface area contributed by atoms with E-state index in [4.69, 9.17) is 9.84 Å². The Morgan fingerprint density at radius 3 is 2.61 bits per heavy atom. The summed E-state index contributed by atoms with van der Waals surface area (Å²) in [4.78, 5) is 22.4. The predicted octanol–water partition coefficient (Wildman–Crippen LogP) is 0.917. The van der Waals surface area contributed by atoms with Gasteiger partial charge in [-0.05, 0) is 19.1 Å². The maximum Gasteiger partial charge on any atom is 0.326 e. The minimum atomic E-state index is -1.03. The first-order chi connectivity index (χ1) is 8.51. The van der Waals surface area contributed by atoms with Gasteiger partial charge in [0.1, 0.15) is 6.04 Å². The molecule has 0 rings (SSSR count). The van der Waals surface area contributed by atoms with Crippen molar-refractivity contribution in [3.8, 4) is 0 Å². The molecule has 0 spiro atoms. The number of urea groups is 1. The van der Waals surface area contributed by atoms with Crippen molar-refractivity contribution in [3.05, 3.63) is 0 Å². The number of amides is 2. The Morgan fingerprint density at radius 2 is 2.11 bits per heavy atom. The van der Waals surface area contributed by atoms with Gasteiger partial charge >= 0.3 is 12.0 Å². The molecule has 0 aliphatic heterocycles. The second-order valence-electron chi connectivity index (χ2n) is 3.93. The molecule has 0 fully saturated rings. The summed E-state index contributed by atoms with van der Waals surface area (Å²) in [7, 11) is 1.56. The van der Waals surface area contributed by atoms with Gasteiger partial charge < -0.3 is 20.5 Å². The van der Waals surface area contributed by atoms with Crippen LogP contribution in [0.4, 0.5) is 4.79 Å². The molecule has 0 bridgehead atoms. The van der Waals surface area contributed by atoms with E-state index >= 15 is 0 Å². The van der Waals surface area contributed by atoms with Crippen LogP contribution in [0, 0.1) is 0 Å². The highest BCUT2D eigenvalue weighted by atomic mass is 32.2. The molecule has 0 aromatic carbocycles. The number of hydrogen-bond acceptors (Lipinski definition) is 4. The number of carbonyl (C=O) groups excluding carboxylic acids is 1. The van der Waals surface area contributed by atoms with Crippen LogP contribution in [0.3, 0.4) is 0 Å². The van der Waals surface area contributed by atoms with Crippen LogP contribution >= 0.6 is 11.8 Å². The van der Waals surface area contributed by atoms with Crippen molar-refractivity contribution in [2.75, 3.05) is 26.5 Å². The number of carboxylic acids is 1. The lowest BCUT2D eigenvalue weighted by Gasteiger charge is -2.16. The maximum absolute atomic E-state index is 11.5. The average molecular weight is 278 g/mol. The number of thioether (sulfide) groups is 1. The van der Waals surface area contributed by atoms with Gasteiger partial charge in [-0.2, -0.15) is 11.8 Å². The highest BCUT2D eigenvalue weighted by Gasteiger charge is 2.19. The van der Waals surface area contributed by atoms with Crippen LogP contribution < -0.4 is 10.6 Å². The van der Waals surface area contributed by atoms with Gasteiger partial charge in [-0.25, -0.2) is 9.59 Å². The quantitative estimate of drug-likeness (QED) is 0.546. The Kier molecular flexibility index (Phi) is 9.49. The van der Waals surface area contributed by atoms with Crippen molar-refractivity contribution < 1.29 is 19.4 Å². The molecular weight excluding hydrogens is 256 g/mol. The van der Waals surface area contributed by atoms with Gasteiger partial charge in [0.2, 0.25) is 0 Å². The van der Waals surface area contributed by atoms with Gasteiger partial charge in [-0.1, -0.05) is 6.92 Å². The summed E-state index contributed by atoms with van der Waals surface area (Å²) >= 11 is 1.63. The molecule has 2 unspecified atom stereocenters. The highest BCUT2D eigenvalue weighted by Crippen LogP contribution is 2.02. The fraction of sp³-hybridized carbons (Fsp3) is 0.818. The zero-order valence-electron chi connectivity index (χ0n) is 11.1. The van der Waals surface area contributed by atoms with E-state index < -0.39 is 18.0 Å². The first kappa shape index (κ1) is 17.1. The number of aliphatic carboxylic acids is 1. The van der Waals surface area contributed by atoms with Crippen molar-refractivity contribution in [2.45, 2.75) is 31.1 Å². The van der Waals surface area contributed by atoms with Crippen LogP contribution in [0.1, 0.15) is 19.8 Å².